The summed E-state index contributed by atoms with van der Waals surface area (Å²) in [5.41, 5.74) is 1.05. The Bertz CT molecular complexity index is 1150. The van der Waals surface area contributed by atoms with Crippen molar-refractivity contribution < 1.29 is 14.6 Å². The first-order chi connectivity index (χ1) is 15.3. The van der Waals surface area contributed by atoms with E-state index in [1.807, 2.05) is 49.5 Å². The number of nitrogens with one attached hydrogen (secondary N) is 2. The number of pyridine rings is 2. The first-order valence-electron chi connectivity index (χ1n) is 10.7. The maximum atomic E-state index is 12.1. The van der Waals surface area contributed by atoms with Gasteiger partial charge >= 0.3 is 0 Å². The first kappa shape index (κ1) is 21.8. The van der Waals surface area contributed by atoms with Gasteiger partial charge in [-0.2, -0.15) is 0 Å². The summed E-state index contributed by atoms with van der Waals surface area (Å²) in [6.07, 6.45) is 9.43. The zero-order valence-electron chi connectivity index (χ0n) is 18.6. The van der Waals surface area contributed by atoms with Crippen LogP contribution in [0.4, 0.5) is 11.6 Å². The number of anilines is 2. The molecule has 1 aliphatic rings. The summed E-state index contributed by atoms with van der Waals surface area (Å²) in [7, 11) is 1.82. The minimum atomic E-state index is -0.877. The van der Waals surface area contributed by atoms with Crippen molar-refractivity contribution in [3.05, 3.63) is 53.9 Å². The van der Waals surface area contributed by atoms with Crippen LogP contribution >= 0.6 is 0 Å². The van der Waals surface area contributed by atoms with Gasteiger partial charge in [0.05, 0.1) is 5.60 Å². The lowest BCUT2D eigenvalue weighted by atomic mass is 10.1. The molecule has 2 aromatic heterocycles. The van der Waals surface area contributed by atoms with E-state index in [1.165, 1.54) is 0 Å². The molecule has 0 atom stereocenters. The van der Waals surface area contributed by atoms with Crippen molar-refractivity contribution >= 4 is 40.5 Å². The van der Waals surface area contributed by atoms with Crippen molar-refractivity contribution in [1.82, 2.24) is 9.97 Å². The Kier molecular flexibility index (Phi) is 6.10. The molecule has 0 bridgehead atoms. The van der Waals surface area contributed by atoms with Crippen LogP contribution in [-0.4, -0.2) is 40.2 Å². The van der Waals surface area contributed by atoms with Gasteiger partial charge in [-0.25, -0.2) is 9.97 Å². The second kappa shape index (κ2) is 8.96. The van der Waals surface area contributed by atoms with Gasteiger partial charge in [0.25, 0.3) is 0 Å². The Labute approximate surface area is 187 Å². The van der Waals surface area contributed by atoms with Gasteiger partial charge in [0, 0.05) is 36.3 Å². The van der Waals surface area contributed by atoms with Gasteiger partial charge in [0.2, 0.25) is 5.91 Å². The number of carbonyl (C=O) groups is 1. The Balaban J connectivity index is 1.57. The zero-order chi connectivity index (χ0) is 22.7. The number of rotatable bonds is 8. The lowest BCUT2D eigenvalue weighted by Gasteiger charge is -2.17. The SMILES string of the molecule is CNc1ncc(C=Cc2ccc(OCC(C)(C)O)cc2)c2cc(NC(=O)C3CC3)ncc12. The van der Waals surface area contributed by atoms with Gasteiger partial charge in [0.1, 0.15) is 24.0 Å². The lowest BCUT2D eigenvalue weighted by Crippen LogP contribution is -2.27. The Morgan fingerprint density at radius 3 is 2.56 bits per heavy atom. The predicted octanol–water partition coefficient (Wildman–Crippen LogP) is 4.34. The van der Waals surface area contributed by atoms with E-state index in [9.17, 15) is 9.90 Å². The summed E-state index contributed by atoms with van der Waals surface area (Å²) in [5.74, 6) is 2.14. The number of amides is 1. The third-order valence-electron chi connectivity index (χ3n) is 5.17. The number of nitrogens with zero attached hydrogens (tertiary/aromatic N) is 2. The molecule has 1 aromatic carbocycles. The van der Waals surface area contributed by atoms with Crippen molar-refractivity contribution in [2.45, 2.75) is 32.3 Å². The van der Waals surface area contributed by atoms with Gasteiger partial charge in [-0.05, 0) is 55.8 Å². The van der Waals surface area contributed by atoms with Crippen molar-refractivity contribution in [3.8, 4) is 5.75 Å². The van der Waals surface area contributed by atoms with E-state index in [0.29, 0.717) is 11.6 Å². The van der Waals surface area contributed by atoms with Gasteiger partial charge in [-0.15, -0.1) is 0 Å². The standard InChI is InChI=1S/C25H28N4O3/c1-25(2,31)15-32-19-10-5-16(6-11-19)4-7-18-13-28-23(26-3)21-14-27-22(12-20(18)21)29-24(30)17-8-9-17/h4-7,10-14,17,31H,8-9,15H2,1-3H3,(H,26,28)(H,27,29,30). The molecule has 2 heterocycles. The first-order valence-corrected chi connectivity index (χ1v) is 10.7. The third kappa shape index (κ3) is 5.42. The molecule has 4 rings (SSSR count). The summed E-state index contributed by atoms with van der Waals surface area (Å²) in [5, 5.41) is 17.6. The van der Waals surface area contributed by atoms with Crippen LogP contribution in [-0.2, 0) is 4.79 Å². The number of ether oxygens (including phenoxy) is 1. The minimum absolute atomic E-state index is 0.0312. The van der Waals surface area contributed by atoms with Crippen LogP contribution in [0, 0.1) is 5.92 Å². The van der Waals surface area contributed by atoms with Gasteiger partial charge in [0.15, 0.2) is 0 Å². The lowest BCUT2D eigenvalue weighted by molar-refractivity contribution is -0.117. The van der Waals surface area contributed by atoms with Crippen LogP contribution in [0.5, 0.6) is 5.75 Å². The number of carbonyl (C=O) groups excluding carboxylic acids is 1. The van der Waals surface area contributed by atoms with Crippen LogP contribution in [0.15, 0.2) is 42.7 Å². The minimum Gasteiger partial charge on any atom is -0.491 e. The van der Waals surface area contributed by atoms with Gasteiger partial charge in [-0.1, -0.05) is 24.3 Å². The number of aliphatic hydroxyl groups is 1. The van der Waals surface area contributed by atoms with Crippen LogP contribution in [0.25, 0.3) is 22.9 Å². The van der Waals surface area contributed by atoms with E-state index in [-0.39, 0.29) is 18.4 Å². The highest BCUT2D eigenvalue weighted by molar-refractivity contribution is 6.01. The second-order valence-electron chi connectivity index (χ2n) is 8.69. The number of benzene rings is 1. The van der Waals surface area contributed by atoms with Crippen LogP contribution < -0.4 is 15.4 Å². The molecule has 1 aliphatic carbocycles. The van der Waals surface area contributed by atoms with Crippen molar-refractivity contribution in [2.75, 3.05) is 24.3 Å². The summed E-state index contributed by atoms with van der Waals surface area (Å²) < 4.78 is 5.60. The largest absolute Gasteiger partial charge is 0.491 e. The van der Waals surface area contributed by atoms with Gasteiger partial charge in [-0.3, -0.25) is 4.79 Å². The number of hydrogen-bond donors (Lipinski definition) is 3. The van der Waals surface area contributed by atoms with Gasteiger partial charge < -0.3 is 20.5 Å². The van der Waals surface area contributed by atoms with Crippen molar-refractivity contribution in [2.24, 2.45) is 5.92 Å². The average molecular weight is 433 g/mol. The monoisotopic (exact) mass is 432 g/mol. The van der Waals surface area contributed by atoms with E-state index in [2.05, 4.69) is 20.6 Å². The number of aromatic nitrogens is 2. The molecule has 0 aliphatic heterocycles. The fourth-order valence-corrected chi connectivity index (χ4v) is 3.25. The maximum absolute atomic E-state index is 12.1. The molecule has 1 fully saturated rings. The highest BCUT2D eigenvalue weighted by Gasteiger charge is 2.29. The zero-order valence-corrected chi connectivity index (χ0v) is 18.6. The smallest absolute Gasteiger partial charge is 0.228 e. The van der Waals surface area contributed by atoms with Crippen molar-refractivity contribution in [1.29, 1.82) is 0 Å². The molecular weight excluding hydrogens is 404 g/mol. The second-order valence-corrected chi connectivity index (χ2v) is 8.69. The Morgan fingerprint density at radius 1 is 1.16 bits per heavy atom. The fraction of sp³-hybridized carbons (Fsp3) is 0.320. The van der Waals surface area contributed by atoms with Crippen molar-refractivity contribution in [3.63, 3.8) is 0 Å². The summed E-state index contributed by atoms with van der Waals surface area (Å²) in [6.45, 7) is 3.64. The molecule has 1 saturated carbocycles. The molecule has 3 aromatic rings. The molecule has 0 saturated heterocycles. The predicted molar refractivity (Wildman–Crippen MR) is 128 cm³/mol. The molecule has 32 heavy (non-hydrogen) atoms. The summed E-state index contributed by atoms with van der Waals surface area (Å²) in [4.78, 5) is 21.0. The van der Waals surface area contributed by atoms with Crippen LogP contribution in [0.3, 0.4) is 0 Å². The average Bonchev–Trinajstić information content (AvgIpc) is 3.62. The Hall–Kier alpha value is -3.45. The highest BCUT2D eigenvalue weighted by atomic mass is 16.5. The van der Waals surface area contributed by atoms with E-state index in [1.54, 1.807) is 26.2 Å². The number of hydrogen-bond acceptors (Lipinski definition) is 6. The van der Waals surface area contributed by atoms with E-state index in [0.717, 1.165) is 40.6 Å². The topological polar surface area (TPSA) is 96.4 Å². The molecule has 1 amide bonds. The number of fused-ring (bicyclic) bond motifs is 1. The highest BCUT2D eigenvalue weighted by Crippen LogP contribution is 2.31. The quantitative estimate of drug-likeness (QED) is 0.490. The fourth-order valence-electron chi connectivity index (χ4n) is 3.25. The van der Waals surface area contributed by atoms with E-state index < -0.39 is 5.60 Å². The Morgan fingerprint density at radius 2 is 1.91 bits per heavy atom. The van der Waals surface area contributed by atoms with E-state index in [4.69, 9.17) is 4.74 Å². The molecule has 0 spiro atoms. The molecule has 0 unspecified atom stereocenters. The molecular formula is C25H28N4O3. The normalized spacial score (nSPS) is 14.0. The maximum Gasteiger partial charge on any atom is 0.228 e. The molecule has 0 radical (unpaired) electrons. The molecule has 3 N–H and O–H groups in total. The molecule has 7 heteroatoms. The summed E-state index contributed by atoms with van der Waals surface area (Å²) >= 11 is 0. The van der Waals surface area contributed by atoms with Crippen LogP contribution in [0.1, 0.15) is 37.8 Å². The summed E-state index contributed by atoms with van der Waals surface area (Å²) in [6, 6.07) is 9.56. The van der Waals surface area contributed by atoms with Crippen LogP contribution in [0.2, 0.25) is 0 Å². The molecule has 166 valence electrons. The third-order valence-corrected chi connectivity index (χ3v) is 5.17. The molecule has 7 nitrogen and oxygen atoms in total. The van der Waals surface area contributed by atoms with E-state index >= 15 is 0 Å².